The van der Waals surface area contributed by atoms with Crippen molar-refractivity contribution < 1.29 is 4.79 Å². The zero-order valence-electron chi connectivity index (χ0n) is 16.1. The fourth-order valence-electron chi connectivity index (χ4n) is 2.86. The number of nitrogens with zero attached hydrogens (tertiary/aromatic N) is 3. The summed E-state index contributed by atoms with van der Waals surface area (Å²) >= 11 is 13.7. The Kier molecular flexibility index (Phi) is 7.98. The van der Waals surface area contributed by atoms with E-state index in [1.807, 2.05) is 47.9 Å². The Labute approximate surface area is 184 Å². The maximum absolute atomic E-state index is 12.1. The van der Waals surface area contributed by atoms with Gasteiger partial charge in [0.2, 0.25) is 5.91 Å². The van der Waals surface area contributed by atoms with Crippen molar-refractivity contribution in [2.45, 2.75) is 31.3 Å². The molecule has 3 aromatic rings. The Bertz CT molecular complexity index is 963. The summed E-state index contributed by atoms with van der Waals surface area (Å²) in [7, 11) is 0. The standard InChI is InChI=1S/C21H22Cl2N4OS/c1-15-25-26-21(27(15)18-6-3-2-4-7-18)29-13-5-8-20(28)24-12-11-16-9-10-17(22)14-19(16)23/h2-4,6-7,9-10,14H,5,8,11-13H2,1H3,(H,24,28). The van der Waals surface area contributed by atoms with Crippen LogP contribution in [0.3, 0.4) is 0 Å². The van der Waals surface area contributed by atoms with Gasteiger partial charge in [-0.3, -0.25) is 9.36 Å². The zero-order valence-corrected chi connectivity index (χ0v) is 18.4. The molecule has 0 atom stereocenters. The molecule has 29 heavy (non-hydrogen) atoms. The molecule has 0 aliphatic carbocycles. The van der Waals surface area contributed by atoms with Crippen molar-refractivity contribution in [1.29, 1.82) is 0 Å². The van der Waals surface area contributed by atoms with Crippen molar-refractivity contribution >= 4 is 40.9 Å². The minimum Gasteiger partial charge on any atom is -0.356 e. The van der Waals surface area contributed by atoms with Crippen LogP contribution in [-0.2, 0) is 11.2 Å². The highest BCUT2D eigenvalue weighted by molar-refractivity contribution is 7.99. The van der Waals surface area contributed by atoms with E-state index in [-0.39, 0.29) is 5.91 Å². The second kappa shape index (κ2) is 10.7. The smallest absolute Gasteiger partial charge is 0.220 e. The third-order valence-electron chi connectivity index (χ3n) is 4.32. The van der Waals surface area contributed by atoms with E-state index in [0.717, 1.165) is 34.4 Å². The van der Waals surface area contributed by atoms with Gasteiger partial charge in [0.1, 0.15) is 5.82 Å². The molecule has 5 nitrogen and oxygen atoms in total. The second-order valence-electron chi connectivity index (χ2n) is 6.49. The molecule has 1 heterocycles. The summed E-state index contributed by atoms with van der Waals surface area (Å²) in [4.78, 5) is 12.1. The molecule has 8 heteroatoms. The Balaban J connectivity index is 1.40. The number of para-hydroxylation sites is 1. The first-order chi connectivity index (χ1) is 14.0. The number of aryl methyl sites for hydroxylation is 1. The average Bonchev–Trinajstić information content (AvgIpc) is 3.08. The summed E-state index contributed by atoms with van der Waals surface area (Å²) in [6.45, 7) is 2.49. The van der Waals surface area contributed by atoms with Crippen molar-refractivity contribution in [1.82, 2.24) is 20.1 Å². The number of hydrogen-bond acceptors (Lipinski definition) is 4. The highest BCUT2D eigenvalue weighted by Crippen LogP contribution is 2.23. The Morgan fingerprint density at radius 1 is 1.14 bits per heavy atom. The number of aromatic nitrogens is 3. The van der Waals surface area contributed by atoms with Crippen LogP contribution in [0.5, 0.6) is 0 Å². The highest BCUT2D eigenvalue weighted by Gasteiger charge is 2.11. The van der Waals surface area contributed by atoms with E-state index in [0.29, 0.717) is 29.4 Å². The van der Waals surface area contributed by atoms with Crippen molar-refractivity contribution in [3.05, 3.63) is 70.0 Å². The fourth-order valence-corrected chi connectivity index (χ4v) is 4.30. The molecule has 0 aliphatic heterocycles. The first kappa shape index (κ1) is 21.7. The van der Waals surface area contributed by atoms with Gasteiger partial charge in [0.05, 0.1) is 0 Å². The summed E-state index contributed by atoms with van der Waals surface area (Å²) < 4.78 is 2.03. The SMILES string of the molecule is Cc1nnc(SCCCC(=O)NCCc2ccc(Cl)cc2Cl)n1-c1ccccc1. The average molecular weight is 449 g/mol. The van der Waals surface area contributed by atoms with Gasteiger partial charge in [0.15, 0.2) is 5.16 Å². The van der Waals surface area contributed by atoms with Crippen molar-refractivity contribution in [2.24, 2.45) is 0 Å². The fraction of sp³-hybridized carbons (Fsp3) is 0.286. The number of amides is 1. The van der Waals surface area contributed by atoms with E-state index in [9.17, 15) is 4.79 Å². The van der Waals surface area contributed by atoms with Gasteiger partial charge in [-0.1, -0.05) is 59.2 Å². The molecule has 0 saturated heterocycles. The number of thioether (sulfide) groups is 1. The van der Waals surface area contributed by atoms with E-state index < -0.39 is 0 Å². The number of rotatable bonds is 9. The van der Waals surface area contributed by atoms with Crippen LogP contribution in [0.4, 0.5) is 0 Å². The molecule has 0 unspecified atom stereocenters. The maximum atomic E-state index is 12.1. The largest absolute Gasteiger partial charge is 0.356 e. The van der Waals surface area contributed by atoms with Crippen LogP contribution in [-0.4, -0.2) is 33.0 Å². The molecular weight excluding hydrogens is 427 g/mol. The lowest BCUT2D eigenvalue weighted by Gasteiger charge is -2.08. The molecule has 0 aliphatic rings. The summed E-state index contributed by atoms with van der Waals surface area (Å²) in [5, 5.41) is 13.5. The molecule has 1 amide bonds. The Hall–Kier alpha value is -2.02. The van der Waals surface area contributed by atoms with Gasteiger partial charge in [-0.05, 0) is 49.6 Å². The number of carbonyl (C=O) groups excluding carboxylic acids is 1. The van der Waals surface area contributed by atoms with Crippen molar-refractivity contribution in [3.8, 4) is 5.69 Å². The van der Waals surface area contributed by atoms with Crippen molar-refractivity contribution in [2.75, 3.05) is 12.3 Å². The van der Waals surface area contributed by atoms with Crippen LogP contribution >= 0.6 is 35.0 Å². The molecule has 1 N–H and O–H groups in total. The normalized spacial score (nSPS) is 10.9. The van der Waals surface area contributed by atoms with Crippen LogP contribution in [0.1, 0.15) is 24.2 Å². The number of halogens is 2. The van der Waals surface area contributed by atoms with Gasteiger partial charge in [0, 0.05) is 34.5 Å². The van der Waals surface area contributed by atoms with Crippen LogP contribution in [0.2, 0.25) is 10.0 Å². The van der Waals surface area contributed by atoms with Crippen LogP contribution in [0.25, 0.3) is 5.69 Å². The minimum absolute atomic E-state index is 0.0383. The molecule has 152 valence electrons. The molecular formula is C21H22Cl2N4OS. The molecule has 2 aromatic carbocycles. The molecule has 0 spiro atoms. The monoisotopic (exact) mass is 448 g/mol. The van der Waals surface area contributed by atoms with Gasteiger partial charge < -0.3 is 5.32 Å². The molecule has 0 bridgehead atoms. The lowest BCUT2D eigenvalue weighted by molar-refractivity contribution is -0.121. The summed E-state index contributed by atoms with van der Waals surface area (Å²) in [6.07, 6.45) is 1.91. The van der Waals surface area contributed by atoms with Gasteiger partial charge in [-0.2, -0.15) is 0 Å². The predicted molar refractivity (Wildman–Crippen MR) is 119 cm³/mol. The minimum atomic E-state index is 0.0383. The van der Waals surface area contributed by atoms with E-state index >= 15 is 0 Å². The first-order valence-electron chi connectivity index (χ1n) is 9.35. The van der Waals surface area contributed by atoms with E-state index in [1.165, 1.54) is 0 Å². The molecule has 0 fully saturated rings. The summed E-state index contributed by atoms with van der Waals surface area (Å²) in [5.41, 5.74) is 2.01. The summed E-state index contributed by atoms with van der Waals surface area (Å²) in [5.74, 6) is 1.68. The van der Waals surface area contributed by atoms with Gasteiger partial charge in [-0.25, -0.2) is 0 Å². The molecule has 1 aromatic heterocycles. The van der Waals surface area contributed by atoms with Crippen LogP contribution in [0.15, 0.2) is 53.7 Å². The van der Waals surface area contributed by atoms with E-state index in [4.69, 9.17) is 23.2 Å². The number of nitrogens with one attached hydrogen (secondary N) is 1. The topological polar surface area (TPSA) is 59.8 Å². The zero-order chi connectivity index (χ0) is 20.6. The summed E-state index contributed by atoms with van der Waals surface area (Å²) in [6, 6.07) is 15.4. The second-order valence-corrected chi connectivity index (χ2v) is 8.39. The Morgan fingerprint density at radius 2 is 1.93 bits per heavy atom. The van der Waals surface area contributed by atoms with Crippen LogP contribution < -0.4 is 5.32 Å². The first-order valence-corrected chi connectivity index (χ1v) is 11.1. The predicted octanol–water partition coefficient (Wildman–Crippen LogP) is 5.11. The third kappa shape index (κ3) is 6.23. The third-order valence-corrected chi connectivity index (χ3v) is 5.92. The van der Waals surface area contributed by atoms with Gasteiger partial charge >= 0.3 is 0 Å². The maximum Gasteiger partial charge on any atom is 0.220 e. The lowest BCUT2D eigenvalue weighted by Crippen LogP contribution is -2.25. The lowest BCUT2D eigenvalue weighted by atomic mass is 10.1. The van der Waals surface area contributed by atoms with Gasteiger partial charge in [0.25, 0.3) is 0 Å². The molecule has 3 rings (SSSR count). The quantitative estimate of drug-likeness (QED) is 0.364. The number of carbonyl (C=O) groups is 1. The van der Waals surface area contributed by atoms with Crippen LogP contribution in [0, 0.1) is 6.92 Å². The molecule has 0 radical (unpaired) electrons. The van der Waals surface area contributed by atoms with Crippen molar-refractivity contribution in [3.63, 3.8) is 0 Å². The van der Waals surface area contributed by atoms with E-state index in [2.05, 4.69) is 15.5 Å². The Morgan fingerprint density at radius 3 is 2.69 bits per heavy atom. The van der Waals surface area contributed by atoms with Gasteiger partial charge in [-0.15, -0.1) is 10.2 Å². The number of benzene rings is 2. The van der Waals surface area contributed by atoms with E-state index in [1.54, 1.807) is 23.9 Å². The number of hydrogen-bond donors (Lipinski definition) is 1. The molecule has 0 saturated carbocycles. The highest BCUT2D eigenvalue weighted by atomic mass is 35.5.